The molecule has 4 nitrogen and oxygen atoms in total. The van der Waals surface area contributed by atoms with E-state index in [1.165, 1.54) is 5.56 Å². The van der Waals surface area contributed by atoms with Gasteiger partial charge in [0.05, 0.1) is 5.69 Å². The zero-order chi connectivity index (χ0) is 19.0. The van der Waals surface area contributed by atoms with Crippen LogP contribution in [0.25, 0.3) is 16.8 Å². The zero-order valence-corrected chi connectivity index (χ0v) is 16.4. The molecule has 0 saturated heterocycles. The van der Waals surface area contributed by atoms with Gasteiger partial charge >= 0.3 is 0 Å². The lowest BCUT2D eigenvalue weighted by Crippen LogP contribution is -2.20. The van der Waals surface area contributed by atoms with Gasteiger partial charge in [0.2, 0.25) is 0 Å². The van der Waals surface area contributed by atoms with E-state index in [1.54, 1.807) is 0 Å². The molecule has 0 bridgehead atoms. The molecule has 0 radical (unpaired) electrons. The van der Waals surface area contributed by atoms with Crippen molar-refractivity contribution in [3.05, 3.63) is 82.6 Å². The summed E-state index contributed by atoms with van der Waals surface area (Å²) in [7, 11) is 2.08. The molecule has 0 atom stereocenters. The number of aryl methyl sites for hydroxylation is 2. The molecule has 4 aromatic rings. The number of aromatic nitrogens is 3. The largest absolute Gasteiger partial charge is 0.355 e. The van der Waals surface area contributed by atoms with Crippen molar-refractivity contribution < 1.29 is 0 Å². The van der Waals surface area contributed by atoms with Crippen LogP contribution >= 0.6 is 11.6 Å². The summed E-state index contributed by atoms with van der Waals surface area (Å²) in [4.78, 5) is 6.99. The molecule has 0 amide bonds. The van der Waals surface area contributed by atoms with Gasteiger partial charge in [0, 0.05) is 35.9 Å². The second kappa shape index (κ2) is 7.05. The van der Waals surface area contributed by atoms with Crippen molar-refractivity contribution in [2.75, 3.05) is 11.9 Å². The molecule has 0 fully saturated rings. The van der Waals surface area contributed by atoms with Crippen LogP contribution in [0, 0.1) is 13.8 Å². The number of fused-ring (bicyclic) bond motifs is 1. The van der Waals surface area contributed by atoms with Crippen molar-refractivity contribution in [2.45, 2.75) is 20.4 Å². The maximum absolute atomic E-state index is 6.06. The van der Waals surface area contributed by atoms with Crippen LogP contribution in [-0.4, -0.2) is 21.6 Å². The molecule has 0 aliphatic heterocycles. The quantitative estimate of drug-likeness (QED) is 0.484. The average molecular weight is 377 g/mol. The minimum absolute atomic E-state index is 0.723. The van der Waals surface area contributed by atoms with E-state index in [0.717, 1.165) is 45.5 Å². The van der Waals surface area contributed by atoms with Gasteiger partial charge in [-0.1, -0.05) is 54.1 Å². The third-order valence-corrected chi connectivity index (χ3v) is 4.91. The minimum Gasteiger partial charge on any atom is -0.355 e. The van der Waals surface area contributed by atoms with E-state index in [4.69, 9.17) is 21.7 Å². The highest BCUT2D eigenvalue weighted by Crippen LogP contribution is 2.31. The Bertz CT molecular complexity index is 1080. The summed E-state index contributed by atoms with van der Waals surface area (Å²) in [6.45, 7) is 4.84. The zero-order valence-electron chi connectivity index (χ0n) is 15.6. The third-order valence-electron chi connectivity index (χ3n) is 4.66. The van der Waals surface area contributed by atoms with Gasteiger partial charge in [0.25, 0.3) is 0 Å². The Morgan fingerprint density at radius 2 is 1.70 bits per heavy atom. The fourth-order valence-corrected chi connectivity index (χ4v) is 3.52. The SMILES string of the molecule is Cc1cc(N(C)Cc2ccccc2)n2nc(C)c(-c3ccc(Cl)cc3)c2n1. The number of halogens is 1. The van der Waals surface area contributed by atoms with E-state index in [9.17, 15) is 0 Å². The Labute approximate surface area is 164 Å². The Morgan fingerprint density at radius 1 is 1.00 bits per heavy atom. The number of hydrogen-bond donors (Lipinski definition) is 0. The molecular formula is C22H21ClN4. The van der Waals surface area contributed by atoms with E-state index in [0.29, 0.717) is 0 Å². The predicted molar refractivity (Wildman–Crippen MR) is 111 cm³/mol. The number of anilines is 1. The third kappa shape index (κ3) is 3.40. The van der Waals surface area contributed by atoms with Gasteiger partial charge in [-0.15, -0.1) is 0 Å². The number of nitrogens with zero attached hydrogens (tertiary/aromatic N) is 4. The van der Waals surface area contributed by atoms with Gasteiger partial charge in [-0.25, -0.2) is 4.98 Å². The molecule has 27 heavy (non-hydrogen) atoms. The Balaban J connectivity index is 1.83. The molecule has 0 saturated carbocycles. The van der Waals surface area contributed by atoms with Crippen molar-refractivity contribution in [1.82, 2.24) is 14.6 Å². The number of rotatable bonds is 4. The van der Waals surface area contributed by atoms with E-state index >= 15 is 0 Å². The van der Waals surface area contributed by atoms with Gasteiger partial charge in [-0.3, -0.25) is 0 Å². The number of hydrogen-bond acceptors (Lipinski definition) is 3. The molecule has 4 rings (SSSR count). The van der Waals surface area contributed by atoms with Crippen molar-refractivity contribution >= 4 is 23.1 Å². The van der Waals surface area contributed by atoms with Crippen molar-refractivity contribution in [3.8, 4) is 11.1 Å². The van der Waals surface area contributed by atoms with E-state index in [2.05, 4.69) is 42.3 Å². The second-order valence-corrected chi connectivity index (χ2v) is 7.24. The Kier molecular flexibility index (Phi) is 4.58. The first-order chi connectivity index (χ1) is 13.0. The predicted octanol–water partition coefficient (Wildman–Crippen LogP) is 5.30. The highest BCUT2D eigenvalue weighted by molar-refractivity contribution is 6.30. The molecule has 2 heterocycles. The van der Waals surface area contributed by atoms with Crippen LogP contribution in [-0.2, 0) is 6.54 Å². The lowest BCUT2D eigenvalue weighted by Gasteiger charge is -2.20. The molecule has 0 aliphatic rings. The summed E-state index contributed by atoms with van der Waals surface area (Å²) in [5.41, 5.74) is 6.15. The van der Waals surface area contributed by atoms with Gasteiger partial charge in [0.15, 0.2) is 5.65 Å². The molecule has 0 aliphatic carbocycles. The summed E-state index contributed by atoms with van der Waals surface area (Å²) < 4.78 is 1.94. The van der Waals surface area contributed by atoms with Gasteiger partial charge in [0.1, 0.15) is 5.82 Å². The molecule has 2 aromatic heterocycles. The first-order valence-corrected chi connectivity index (χ1v) is 9.28. The van der Waals surface area contributed by atoms with Gasteiger partial charge in [-0.05, 0) is 37.1 Å². The highest BCUT2D eigenvalue weighted by Gasteiger charge is 2.17. The minimum atomic E-state index is 0.723. The monoisotopic (exact) mass is 376 g/mol. The average Bonchev–Trinajstić information content (AvgIpc) is 2.98. The standard InChI is InChI=1S/C22H21ClN4/c1-15-13-20(26(3)14-17-7-5-4-6-8-17)27-22(24-15)21(16(2)25-27)18-9-11-19(23)12-10-18/h4-13H,14H2,1-3H3. The van der Waals surface area contributed by atoms with Crippen LogP contribution in [0.3, 0.4) is 0 Å². The molecule has 0 unspecified atom stereocenters. The summed E-state index contributed by atoms with van der Waals surface area (Å²) >= 11 is 6.06. The summed E-state index contributed by atoms with van der Waals surface area (Å²) in [6, 6.07) is 20.3. The van der Waals surface area contributed by atoms with Crippen LogP contribution in [0.15, 0.2) is 60.7 Å². The number of benzene rings is 2. The highest BCUT2D eigenvalue weighted by atomic mass is 35.5. The van der Waals surface area contributed by atoms with Crippen LogP contribution < -0.4 is 4.90 Å². The molecular weight excluding hydrogens is 356 g/mol. The normalized spacial score (nSPS) is 11.1. The molecule has 2 aromatic carbocycles. The molecule has 0 spiro atoms. The summed E-state index contributed by atoms with van der Waals surface area (Å²) in [6.07, 6.45) is 0. The molecule has 5 heteroatoms. The van der Waals surface area contributed by atoms with Crippen LogP contribution in [0.1, 0.15) is 17.0 Å². The fraction of sp³-hybridized carbons (Fsp3) is 0.182. The molecule has 136 valence electrons. The van der Waals surface area contributed by atoms with Gasteiger partial charge < -0.3 is 4.90 Å². The van der Waals surface area contributed by atoms with E-state index in [-0.39, 0.29) is 0 Å². The maximum atomic E-state index is 6.06. The topological polar surface area (TPSA) is 33.4 Å². The second-order valence-electron chi connectivity index (χ2n) is 6.80. The summed E-state index contributed by atoms with van der Waals surface area (Å²) in [5.74, 6) is 1.02. The lowest BCUT2D eigenvalue weighted by molar-refractivity contribution is 0.821. The smallest absolute Gasteiger partial charge is 0.165 e. The Hall–Kier alpha value is -2.85. The van der Waals surface area contributed by atoms with Gasteiger partial charge in [-0.2, -0.15) is 9.61 Å². The van der Waals surface area contributed by atoms with E-state index < -0.39 is 0 Å². The lowest BCUT2D eigenvalue weighted by atomic mass is 10.1. The van der Waals surface area contributed by atoms with Crippen LogP contribution in [0.2, 0.25) is 5.02 Å². The van der Waals surface area contributed by atoms with E-state index in [1.807, 2.05) is 48.7 Å². The fourth-order valence-electron chi connectivity index (χ4n) is 3.39. The molecule has 0 N–H and O–H groups in total. The van der Waals surface area contributed by atoms with Crippen LogP contribution in [0.4, 0.5) is 5.82 Å². The maximum Gasteiger partial charge on any atom is 0.165 e. The van der Waals surface area contributed by atoms with Crippen molar-refractivity contribution in [1.29, 1.82) is 0 Å². The first-order valence-electron chi connectivity index (χ1n) is 8.91. The van der Waals surface area contributed by atoms with Crippen molar-refractivity contribution in [2.24, 2.45) is 0 Å². The summed E-state index contributed by atoms with van der Waals surface area (Å²) in [5, 5.41) is 5.52. The van der Waals surface area contributed by atoms with Crippen LogP contribution in [0.5, 0.6) is 0 Å². The van der Waals surface area contributed by atoms with Crippen molar-refractivity contribution in [3.63, 3.8) is 0 Å². The Morgan fingerprint density at radius 3 is 2.41 bits per heavy atom. The first kappa shape index (κ1) is 17.6.